The summed E-state index contributed by atoms with van der Waals surface area (Å²) in [6.45, 7) is 5.76. The van der Waals surface area contributed by atoms with Crippen LogP contribution in [0.25, 0.3) is 0 Å². The van der Waals surface area contributed by atoms with Gasteiger partial charge in [0.2, 0.25) is 5.91 Å². The van der Waals surface area contributed by atoms with Crippen molar-refractivity contribution in [3.63, 3.8) is 0 Å². The van der Waals surface area contributed by atoms with Gasteiger partial charge in [-0.2, -0.15) is 0 Å². The first-order valence-electron chi connectivity index (χ1n) is 5.75. The zero-order chi connectivity index (χ0) is 13.2. The van der Waals surface area contributed by atoms with Crippen LogP contribution < -0.4 is 5.73 Å². The van der Waals surface area contributed by atoms with Crippen molar-refractivity contribution in [3.05, 3.63) is 0 Å². The minimum absolute atomic E-state index is 0.0806. The van der Waals surface area contributed by atoms with E-state index in [1.165, 1.54) is 16.7 Å². The van der Waals surface area contributed by atoms with E-state index in [0.717, 1.165) is 0 Å². The molecule has 17 heavy (non-hydrogen) atoms. The Bertz CT molecular complexity index is 309. The lowest BCUT2D eigenvalue weighted by Crippen LogP contribution is -2.47. The van der Waals surface area contributed by atoms with Gasteiger partial charge in [0, 0.05) is 18.2 Å². The Morgan fingerprint density at radius 2 is 2.12 bits per heavy atom. The van der Waals surface area contributed by atoms with E-state index in [1.54, 1.807) is 0 Å². The summed E-state index contributed by atoms with van der Waals surface area (Å²) in [6.07, 6.45) is 0.215. The Hall–Kier alpha value is -0.750. The Kier molecular flexibility index (Phi) is 4.82. The summed E-state index contributed by atoms with van der Waals surface area (Å²) in [6, 6.07) is -0.920. The Morgan fingerprint density at radius 1 is 1.53 bits per heavy atom. The maximum absolute atomic E-state index is 12.1. The SMILES string of the molecule is CC(C)C(N)CC(=O)N1C(C)SCC1C(=O)O. The fourth-order valence-electron chi connectivity index (χ4n) is 1.75. The lowest BCUT2D eigenvalue weighted by molar-refractivity contribution is -0.149. The first-order chi connectivity index (χ1) is 7.84. The first kappa shape index (κ1) is 14.3. The molecule has 0 spiro atoms. The molecule has 0 aliphatic carbocycles. The van der Waals surface area contributed by atoms with E-state index in [4.69, 9.17) is 10.8 Å². The fourth-order valence-corrected chi connectivity index (χ4v) is 2.94. The molecule has 3 atom stereocenters. The van der Waals surface area contributed by atoms with Crippen LogP contribution >= 0.6 is 11.8 Å². The van der Waals surface area contributed by atoms with Crippen LogP contribution in [0.2, 0.25) is 0 Å². The summed E-state index contributed by atoms with van der Waals surface area (Å²) in [7, 11) is 0. The third kappa shape index (κ3) is 3.35. The van der Waals surface area contributed by atoms with Gasteiger partial charge in [0.1, 0.15) is 6.04 Å². The molecule has 0 aromatic rings. The monoisotopic (exact) mass is 260 g/mol. The van der Waals surface area contributed by atoms with Crippen molar-refractivity contribution in [2.24, 2.45) is 11.7 Å². The van der Waals surface area contributed by atoms with E-state index in [2.05, 4.69) is 0 Å². The fraction of sp³-hybridized carbons (Fsp3) is 0.818. The molecule has 0 radical (unpaired) electrons. The highest BCUT2D eigenvalue weighted by molar-refractivity contribution is 8.00. The van der Waals surface area contributed by atoms with Gasteiger partial charge < -0.3 is 15.7 Å². The number of carbonyl (C=O) groups is 2. The predicted molar refractivity (Wildman–Crippen MR) is 67.6 cm³/mol. The lowest BCUT2D eigenvalue weighted by Gasteiger charge is -2.27. The molecule has 3 N–H and O–H groups in total. The number of thioether (sulfide) groups is 1. The normalized spacial score (nSPS) is 26.3. The highest BCUT2D eigenvalue weighted by atomic mass is 32.2. The quantitative estimate of drug-likeness (QED) is 0.778. The molecule has 1 aliphatic rings. The Balaban J connectivity index is 2.69. The molecule has 1 fully saturated rings. The van der Waals surface area contributed by atoms with E-state index < -0.39 is 12.0 Å². The van der Waals surface area contributed by atoms with Crippen LogP contribution in [-0.2, 0) is 9.59 Å². The van der Waals surface area contributed by atoms with Gasteiger partial charge in [0.15, 0.2) is 0 Å². The summed E-state index contributed by atoms with van der Waals surface area (Å²) in [5.74, 6) is -0.420. The highest BCUT2D eigenvalue weighted by Gasteiger charge is 2.39. The van der Waals surface area contributed by atoms with Crippen LogP contribution in [0.5, 0.6) is 0 Å². The maximum Gasteiger partial charge on any atom is 0.327 e. The van der Waals surface area contributed by atoms with Crippen LogP contribution in [0.1, 0.15) is 27.2 Å². The lowest BCUT2D eigenvalue weighted by atomic mass is 10.0. The second kappa shape index (κ2) is 5.73. The van der Waals surface area contributed by atoms with Gasteiger partial charge in [0.05, 0.1) is 5.37 Å². The van der Waals surface area contributed by atoms with Crippen molar-refractivity contribution >= 4 is 23.6 Å². The van der Waals surface area contributed by atoms with Gasteiger partial charge in [-0.15, -0.1) is 11.8 Å². The van der Waals surface area contributed by atoms with Crippen molar-refractivity contribution in [1.82, 2.24) is 4.90 Å². The number of carboxylic acid groups (broad SMARTS) is 1. The minimum atomic E-state index is -0.937. The van der Waals surface area contributed by atoms with E-state index in [9.17, 15) is 9.59 Å². The molecule has 98 valence electrons. The number of hydrogen-bond acceptors (Lipinski definition) is 4. The second-order valence-electron chi connectivity index (χ2n) is 4.70. The van der Waals surface area contributed by atoms with Crippen LogP contribution in [0.3, 0.4) is 0 Å². The molecule has 0 aromatic heterocycles. The van der Waals surface area contributed by atoms with E-state index >= 15 is 0 Å². The number of nitrogens with two attached hydrogens (primary N) is 1. The number of hydrogen-bond donors (Lipinski definition) is 2. The summed E-state index contributed by atoms with van der Waals surface area (Å²) in [5, 5.41) is 8.97. The summed E-state index contributed by atoms with van der Waals surface area (Å²) in [4.78, 5) is 24.6. The van der Waals surface area contributed by atoms with Gasteiger partial charge in [-0.3, -0.25) is 4.79 Å². The number of aliphatic carboxylic acids is 1. The molecule has 6 heteroatoms. The summed E-state index contributed by atoms with van der Waals surface area (Å²) < 4.78 is 0. The molecule has 1 heterocycles. The van der Waals surface area contributed by atoms with Gasteiger partial charge in [-0.05, 0) is 12.8 Å². The largest absolute Gasteiger partial charge is 0.480 e. The third-order valence-corrected chi connectivity index (χ3v) is 4.28. The van der Waals surface area contributed by atoms with E-state index in [0.29, 0.717) is 5.75 Å². The molecule has 1 aliphatic heterocycles. The van der Waals surface area contributed by atoms with Crippen molar-refractivity contribution in [1.29, 1.82) is 0 Å². The van der Waals surface area contributed by atoms with Crippen LogP contribution in [0, 0.1) is 5.92 Å². The first-order valence-corrected chi connectivity index (χ1v) is 6.80. The topological polar surface area (TPSA) is 83.6 Å². The molecule has 1 amide bonds. The summed E-state index contributed by atoms with van der Waals surface area (Å²) >= 11 is 1.49. The molecule has 3 unspecified atom stereocenters. The molecule has 0 saturated carbocycles. The smallest absolute Gasteiger partial charge is 0.327 e. The molecular formula is C11H20N2O3S. The number of carboxylic acids is 1. The Morgan fingerprint density at radius 3 is 2.59 bits per heavy atom. The highest BCUT2D eigenvalue weighted by Crippen LogP contribution is 2.29. The molecule has 0 bridgehead atoms. The maximum atomic E-state index is 12.1. The van der Waals surface area contributed by atoms with Crippen molar-refractivity contribution in [2.45, 2.75) is 44.6 Å². The molecule has 1 saturated heterocycles. The molecule has 0 aromatic carbocycles. The number of nitrogens with zero attached hydrogens (tertiary/aromatic N) is 1. The Labute approximate surface area is 106 Å². The molecular weight excluding hydrogens is 240 g/mol. The zero-order valence-electron chi connectivity index (χ0n) is 10.4. The van der Waals surface area contributed by atoms with Crippen molar-refractivity contribution in [2.75, 3.05) is 5.75 Å². The van der Waals surface area contributed by atoms with Crippen LogP contribution in [0.15, 0.2) is 0 Å². The molecule has 5 nitrogen and oxygen atoms in total. The zero-order valence-corrected chi connectivity index (χ0v) is 11.2. The van der Waals surface area contributed by atoms with Gasteiger partial charge in [0.25, 0.3) is 0 Å². The molecule has 1 rings (SSSR count). The van der Waals surface area contributed by atoms with Gasteiger partial charge >= 0.3 is 5.97 Å². The number of rotatable bonds is 4. The van der Waals surface area contributed by atoms with Crippen molar-refractivity contribution in [3.8, 4) is 0 Å². The number of amides is 1. The predicted octanol–water partition coefficient (Wildman–Crippen LogP) is 0.734. The van der Waals surface area contributed by atoms with E-state index in [-0.39, 0.29) is 29.7 Å². The minimum Gasteiger partial charge on any atom is -0.480 e. The van der Waals surface area contributed by atoms with Crippen LogP contribution in [-0.4, -0.2) is 45.1 Å². The average molecular weight is 260 g/mol. The third-order valence-electron chi connectivity index (χ3n) is 3.06. The van der Waals surface area contributed by atoms with Crippen LogP contribution in [0.4, 0.5) is 0 Å². The number of carbonyl (C=O) groups excluding carboxylic acids is 1. The van der Waals surface area contributed by atoms with Gasteiger partial charge in [-0.25, -0.2) is 4.79 Å². The van der Waals surface area contributed by atoms with E-state index in [1.807, 2.05) is 20.8 Å². The van der Waals surface area contributed by atoms with Gasteiger partial charge in [-0.1, -0.05) is 13.8 Å². The average Bonchev–Trinajstić information content (AvgIpc) is 2.59. The summed E-state index contributed by atoms with van der Waals surface area (Å²) in [5.41, 5.74) is 5.85. The standard InChI is InChI=1S/C11H20N2O3S/c1-6(2)8(12)4-10(14)13-7(3)17-5-9(13)11(15)16/h6-9H,4-5,12H2,1-3H3,(H,15,16). The second-order valence-corrected chi connectivity index (χ2v) is 6.05. The van der Waals surface area contributed by atoms with Crippen molar-refractivity contribution < 1.29 is 14.7 Å².